The summed E-state index contributed by atoms with van der Waals surface area (Å²) < 4.78 is 78.0. The summed E-state index contributed by atoms with van der Waals surface area (Å²) in [5, 5.41) is 19.8. The minimum Gasteiger partial charge on any atom is -0.387 e. The van der Waals surface area contributed by atoms with Crippen molar-refractivity contribution in [1.82, 2.24) is 0 Å². The number of ether oxygens (including phenoxy) is 2. The third kappa shape index (κ3) is 6.89. The first-order chi connectivity index (χ1) is 10.4. The maximum atomic E-state index is 10.8. The smallest absolute Gasteiger partial charge is 0.387 e. The zero-order chi connectivity index (χ0) is 17.8. The van der Waals surface area contributed by atoms with E-state index in [2.05, 4.69) is 8.37 Å². The fourth-order valence-electron chi connectivity index (χ4n) is 1.77. The van der Waals surface area contributed by atoms with E-state index in [9.17, 15) is 27.0 Å². The van der Waals surface area contributed by atoms with Crippen molar-refractivity contribution in [2.75, 3.05) is 19.8 Å². The lowest BCUT2D eigenvalue weighted by molar-refractivity contribution is -0.295. The molecular formula is C8H17NO12S2. The van der Waals surface area contributed by atoms with Crippen molar-refractivity contribution in [3.05, 3.63) is 0 Å². The summed E-state index contributed by atoms with van der Waals surface area (Å²) in [6, 6.07) is 0. The van der Waals surface area contributed by atoms with Gasteiger partial charge in [-0.1, -0.05) is 0 Å². The van der Waals surface area contributed by atoms with Gasteiger partial charge in [0, 0.05) is 6.54 Å². The molecule has 23 heavy (non-hydrogen) atoms. The van der Waals surface area contributed by atoms with Crippen molar-refractivity contribution in [2.45, 2.75) is 30.7 Å². The summed E-state index contributed by atoms with van der Waals surface area (Å²) in [7, 11) is -9.93. The van der Waals surface area contributed by atoms with Gasteiger partial charge in [0.1, 0.15) is 24.4 Å². The van der Waals surface area contributed by atoms with E-state index in [0.29, 0.717) is 0 Å². The van der Waals surface area contributed by atoms with Crippen molar-refractivity contribution < 1.29 is 54.0 Å². The van der Waals surface area contributed by atoms with Crippen LogP contribution >= 0.6 is 0 Å². The molecule has 1 heterocycles. The molecule has 0 radical (unpaired) electrons. The third-order valence-electron chi connectivity index (χ3n) is 2.66. The third-order valence-corrected chi connectivity index (χ3v) is 3.56. The van der Waals surface area contributed by atoms with E-state index in [-0.39, 0.29) is 13.2 Å². The molecule has 1 rings (SSSR count). The van der Waals surface area contributed by atoms with Gasteiger partial charge < -0.3 is 25.4 Å². The Kier molecular flexibility index (Phi) is 7.23. The molecule has 138 valence electrons. The van der Waals surface area contributed by atoms with E-state index >= 15 is 0 Å². The van der Waals surface area contributed by atoms with Gasteiger partial charge in [0.15, 0.2) is 6.29 Å². The fraction of sp³-hybridized carbons (Fsp3) is 1.00. The average molecular weight is 383 g/mol. The highest BCUT2D eigenvalue weighted by Gasteiger charge is 2.48. The molecule has 0 saturated carbocycles. The molecule has 15 heteroatoms. The maximum absolute atomic E-state index is 10.8. The first-order valence-electron chi connectivity index (χ1n) is 6.05. The molecule has 0 spiro atoms. The predicted molar refractivity (Wildman–Crippen MR) is 69.6 cm³/mol. The van der Waals surface area contributed by atoms with Crippen LogP contribution in [-0.2, 0) is 38.6 Å². The molecule has 0 bridgehead atoms. The summed E-state index contributed by atoms with van der Waals surface area (Å²) in [5.74, 6) is 0. The van der Waals surface area contributed by atoms with E-state index in [1.54, 1.807) is 0 Å². The van der Waals surface area contributed by atoms with Crippen LogP contribution in [0.3, 0.4) is 0 Å². The van der Waals surface area contributed by atoms with Crippen LogP contribution in [0.2, 0.25) is 0 Å². The van der Waals surface area contributed by atoms with Gasteiger partial charge >= 0.3 is 20.8 Å². The lowest BCUT2D eigenvalue weighted by atomic mass is 9.99. The Morgan fingerprint density at radius 2 is 1.65 bits per heavy atom. The Bertz CT molecular complexity index is 576. The molecule has 0 aromatic rings. The van der Waals surface area contributed by atoms with Crippen LogP contribution in [0.15, 0.2) is 0 Å². The molecule has 0 aromatic heterocycles. The number of hydrogen-bond donors (Lipinski definition) is 5. The SMILES string of the molecule is NCCO[C@@H]1O[C@H](COS(=O)(=O)O)[C@H](O)[C@H](OS(=O)(=O)O)[C@H]1O. The molecule has 1 aliphatic rings. The summed E-state index contributed by atoms with van der Waals surface area (Å²) in [6.45, 7) is -1.08. The monoisotopic (exact) mass is 383 g/mol. The largest absolute Gasteiger partial charge is 0.397 e. The van der Waals surface area contributed by atoms with Gasteiger partial charge in [-0.05, 0) is 0 Å². The van der Waals surface area contributed by atoms with Gasteiger partial charge in [-0.3, -0.25) is 9.11 Å². The van der Waals surface area contributed by atoms with Crippen LogP contribution in [-0.4, -0.2) is 86.6 Å². The topological polar surface area (TPSA) is 212 Å². The van der Waals surface area contributed by atoms with E-state index in [1.807, 2.05) is 0 Å². The van der Waals surface area contributed by atoms with E-state index < -0.39 is 58.1 Å². The van der Waals surface area contributed by atoms with Crippen molar-refractivity contribution in [3.8, 4) is 0 Å². The number of nitrogens with two attached hydrogens (primary N) is 1. The molecule has 5 atom stereocenters. The Morgan fingerprint density at radius 1 is 1.04 bits per heavy atom. The lowest BCUT2D eigenvalue weighted by Crippen LogP contribution is -2.60. The number of hydrogen-bond acceptors (Lipinski definition) is 11. The lowest BCUT2D eigenvalue weighted by Gasteiger charge is -2.40. The molecule has 1 saturated heterocycles. The van der Waals surface area contributed by atoms with Crippen molar-refractivity contribution >= 4 is 20.8 Å². The second-order valence-corrected chi connectivity index (χ2v) is 6.52. The minimum absolute atomic E-state index is 0.00510. The van der Waals surface area contributed by atoms with Gasteiger partial charge in [0.25, 0.3) is 0 Å². The highest BCUT2D eigenvalue weighted by molar-refractivity contribution is 7.81. The highest BCUT2D eigenvalue weighted by Crippen LogP contribution is 2.26. The molecule has 0 unspecified atom stereocenters. The van der Waals surface area contributed by atoms with Crippen LogP contribution in [0.25, 0.3) is 0 Å². The van der Waals surface area contributed by atoms with Gasteiger partial charge in [0.2, 0.25) is 0 Å². The minimum atomic E-state index is -5.06. The van der Waals surface area contributed by atoms with Gasteiger partial charge in [-0.2, -0.15) is 16.8 Å². The molecule has 1 aliphatic heterocycles. The summed E-state index contributed by atoms with van der Waals surface area (Å²) in [6.07, 6.45) is -8.89. The molecule has 0 aromatic carbocycles. The summed E-state index contributed by atoms with van der Waals surface area (Å²) in [4.78, 5) is 0. The van der Waals surface area contributed by atoms with E-state index in [4.69, 9.17) is 24.3 Å². The average Bonchev–Trinajstić information content (AvgIpc) is 2.39. The highest BCUT2D eigenvalue weighted by atomic mass is 32.3. The van der Waals surface area contributed by atoms with Crippen LogP contribution in [0.4, 0.5) is 0 Å². The number of aliphatic hydroxyl groups excluding tert-OH is 2. The zero-order valence-electron chi connectivity index (χ0n) is 11.5. The predicted octanol–water partition coefficient (Wildman–Crippen LogP) is -3.58. The van der Waals surface area contributed by atoms with Crippen LogP contribution < -0.4 is 5.73 Å². The van der Waals surface area contributed by atoms with E-state index in [0.717, 1.165) is 0 Å². The Labute approximate surface area is 131 Å². The number of aliphatic hydroxyl groups is 2. The normalized spacial score (nSPS) is 32.8. The Balaban J connectivity index is 2.93. The second-order valence-electron chi connectivity index (χ2n) is 4.38. The molecule has 1 fully saturated rings. The van der Waals surface area contributed by atoms with Crippen molar-refractivity contribution in [2.24, 2.45) is 5.73 Å². The molecule has 6 N–H and O–H groups in total. The molecule has 0 amide bonds. The Morgan fingerprint density at radius 3 is 2.13 bits per heavy atom. The standard InChI is InChI=1S/C8H17NO12S2/c9-1-2-18-8-6(11)7(21-23(15,16)17)5(10)4(20-8)3-19-22(12,13)14/h4-8,10-11H,1-3,9H2,(H,12,13,14)(H,15,16,17)/t4-,5+,6-,7+,8-/m1/s1. The van der Waals surface area contributed by atoms with Gasteiger partial charge in [0.05, 0.1) is 13.2 Å². The second kappa shape index (κ2) is 8.08. The van der Waals surface area contributed by atoms with Gasteiger partial charge in [-0.25, -0.2) is 8.37 Å². The van der Waals surface area contributed by atoms with E-state index in [1.165, 1.54) is 0 Å². The number of rotatable bonds is 8. The fourth-order valence-corrected chi connectivity index (χ4v) is 2.58. The van der Waals surface area contributed by atoms with Crippen molar-refractivity contribution in [3.63, 3.8) is 0 Å². The van der Waals surface area contributed by atoms with Crippen molar-refractivity contribution in [1.29, 1.82) is 0 Å². The van der Waals surface area contributed by atoms with Crippen LogP contribution in [0, 0.1) is 0 Å². The van der Waals surface area contributed by atoms with Crippen LogP contribution in [0.1, 0.15) is 0 Å². The summed E-state index contributed by atoms with van der Waals surface area (Å²) in [5.41, 5.74) is 5.19. The van der Waals surface area contributed by atoms with Crippen LogP contribution in [0.5, 0.6) is 0 Å². The summed E-state index contributed by atoms with van der Waals surface area (Å²) >= 11 is 0. The first-order valence-corrected chi connectivity index (χ1v) is 8.78. The van der Waals surface area contributed by atoms with Gasteiger partial charge in [-0.15, -0.1) is 0 Å². The molecule has 0 aliphatic carbocycles. The maximum Gasteiger partial charge on any atom is 0.397 e. The zero-order valence-corrected chi connectivity index (χ0v) is 13.1. The quantitative estimate of drug-likeness (QED) is 0.257. The molecule has 13 nitrogen and oxygen atoms in total. The molecular weight excluding hydrogens is 366 g/mol. The Hall–Kier alpha value is -0.460. The first kappa shape index (κ1) is 20.6.